The molecule has 3 rings (SSSR count). The molecular weight excluding hydrogens is 272 g/mol. The third kappa shape index (κ3) is 2.81. The molecule has 0 radical (unpaired) electrons. The quantitative estimate of drug-likeness (QED) is 0.943. The average molecular weight is 290 g/mol. The average Bonchev–Trinajstić information content (AvgIpc) is 2.92. The Morgan fingerprint density at radius 2 is 2.10 bits per heavy atom. The highest BCUT2D eigenvalue weighted by molar-refractivity contribution is 7.00. The second-order valence-corrected chi connectivity index (χ2v) is 5.80. The van der Waals surface area contributed by atoms with E-state index in [4.69, 9.17) is 0 Å². The summed E-state index contributed by atoms with van der Waals surface area (Å²) >= 11 is 1.18. The SMILES string of the molecule is Cc1ccc2nsnc2c1NC(=O)CN1CCCCC1. The molecule has 5 nitrogen and oxygen atoms in total. The Hall–Kier alpha value is -1.53. The number of hydrogen-bond acceptors (Lipinski definition) is 5. The van der Waals surface area contributed by atoms with Crippen LogP contribution in [0.25, 0.3) is 11.0 Å². The Morgan fingerprint density at radius 3 is 2.90 bits per heavy atom. The van der Waals surface area contributed by atoms with Gasteiger partial charge < -0.3 is 5.32 Å². The van der Waals surface area contributed by atoms with Gasteiger partial charge in [0.05, 0.1) is 24.0 Å². The van der Waals surface area contributed by atoms with Crippen LogP contribution in [0, 0.1) is 6.92 Å². The van der Waals surface area contributed by atoms with Gasteiger partial charge in [0.1, 0.15) is 11.0 Å². The van der Waals surface area contributed by atoms with E-state index in [1.54, 1.807) is 0 Å². The third-order valence-electron chi connectivity index (χ3n) is 3.72. The maximum Gasteiger partial charge on any atom is 0.238 e. The normalized spacial score (nSPS) is 16.4. The number of nitrogens with zero attached hydrogens (tertiary/aromatic N) is 3. The minimum atomic E-state index is 0.0375. The van der Waals surface area contributed by atoms with E-state index in [-0.39, 0.29) is 5.91 Å². The Balaban J connectivity index is 1.73. The van der Waals surface area contributed by atoms with Crippen molar-refractivity contribution in [3.8, 4) is 0 Å². The summed E-state index contributed by atoms with van der Waals surface area (Å²) in [6.07, 6.45) is 3.66. The number of hydrogen-bond donors (Lipinski definition) is 1. The van der Waals surface area contributed by atoms with Crippen LogP contribution in [-0.4, -0.2) is 39.2 Å². The van der Waals surface area contributed by atoms with E-state index in [1.165, 1.54) is 31.0 Å². The number of fused-ring (bicyclic) bond motifs is 1. The van der Waals surface area contributed by atoms with E-state index < -0.39 is 0 Å². The van der Waals surface area contributed by atoms with E-state index in [0.717, 1.165) is 35.4 Å². The number of piperidine rings is 1. The van der Waals surface area contributed by atoms with Crippen LogP contribution in [0.15, 0.2) is 12.1 Å². The lowest BCUT2D eigenvalue weighted by Gasteiger charge is -2.25. The smallest absolute Gasteiger partial charge is 0.238 e. The fraction of sp³-hybridized carbons (Fsp3) is 0.500. The van der Waals surface area contributed by atoms with Gasteiger partial charge in [-0.05, 0) is 44.5 Å². The van der Waals surface area contributed by atoms with Crippen molar-refractivity contribution in [2.75, 3.05) is 25.0 Å². The first-order chi connectivity index (χ1) is 9.74. The van der Waals surface area contributed by atoms with E-state index in [0.29, 0.717) is 6.54 Å². The fourth-order valence-corrected chi connectivity index (χ4v) is 3.15. The molecule has 6 heteroatoms. The Morgan fingerprint density at radius 1 is 1.30 bits per heavy atom. The molecule has 2 aromatic rings. The maximum absolute atomic E-state index is 12.2. The third-order valence-corrected chi connectivity index (χ3v) is 4.26. The Labute approximate surface area is 122 Å². The zero-order chi connectivity index (χ0) is 13.9. The molecular formula is C14H18N4OS. The number of amides is 1. The lowest BCUT2D eigenvalue weighted by molar-refractivity contribution is -0.117. The van der Waals surface area contributed by atoms with Crippen LogP contribution in [0.5, 0.6) is 0 Å². The summed E-state index contributed by atoms with van der Waals surface area (Å²) in [5, 5.41) is 3.01. The number of rotatable bonds is 3. The van der Waals surface area contributed by atoms with Gasteiger partial charge in [0.25, 0.3) is 0 Å². The molecule has 0 saturated carbocycles. The molecule has 0 aliphatic carbocycles. The van der Waals surface area contributed by atoms with Crippen LogP contribution in [0.2, 0.25) is 0 Å². The molecule has 0 bridgehead atoms. The number of aryl methyl sites for hydroxylation is 1. The molecule has 0 atom stereocenters. The van der Waals surface area contributed by atoms with Crippen LogP contribution in [0.1, 0.15) is 24.8 Å². The highest BCUT2D eigenvalue weighted by Crippen LogP contribution is 2.25. The van der Waals surface area contributed by atoms with Gasteiger partial charge in [-0.15, -0.1) is 0 Å². The molecule has 1 saturated heterocycles. The summed E-state index contributed by atoms with van der Waals surface area (Å²) < 4.78 is 8.49. The second-order valence-electron chi connectivity index (χ2n) is 5.27. The molecule has 1 aromatic heterocycles. The van der Waals surface area contributed by atoms with Gasteiger partial charge in [-0.2, -0.15) is 8.75 Å². The number of aromatic nitrogens is 2. The molecule has 20 heavy (non-hydrogen) atoms. The van der Waals surface area contributed by atoms with Gasteiger partial charge in [-0.3, -0.25) is 9.69 Å². The van der Waals surface area contributed by atoms with Crippen molar-refractivity contribution in [3.05, 3.63) is 17.7 Å². The minimum absolute atomic E-state index is 0.0375. The zero-order valence-corrected chi connectivity index (χ0v) is 12.4. The van der Waals surface area contributed by atoms with Crippen LogP contribution in [0.4, 0.5) is 5.69 Å². The van der Waals surface area contributed by atoms with Gasteiger partial charge in [0.2, 0.25) is 5.91 Å². The van der Waals surface area contributed by atoms with Crippen molar-refractivity contribution in [3.63, 3.8) is 0 Å². The number of carbonyl (C=O) groups is 1. The first-order valence-electron chi connectivity index (χ1n) is 6.98. The summed E-state index contributed by atoms with van der Waals surface area (Å²) in [6.45, 7) is 4.49. The summed E-state index contributed by atoms with van der Waals surface area (Å²) in [6, 6.07) is 3.91. The van der Waals surface area contributed by atoms with Gasteiger partial charge in [-0.25, -0.2) is 0 Å². The predicted molar refractivity (Wildman–Crippen MR) is 81.1 cm³/mol. The number of nitrogens with one attached hydrogen (secondary N) is 1. The first-order valence-corrected chi connectivity index (χ1v) is 7.71. The minimum Gasteiger partial charge on any atom is -0.323 e. The van der Waals surface area contributed by atoms with Crippen molar-refractivity contribution in [1.82, 2.24) is 13.6 Å². The molecule has 0 spiro atoms. The van der Waals surface area contributed by atoms with Crippen LogP contribution >= 0.6 is 11.7 Å². The number of anilines is 1. The molecule has 0 unspecified atom stereocenters. The Bertz CT molecular complexity index is 619. The number of benzene rings is 1. The molecule has 1 aromatic carbocycles. The van der Waals surface area contributed by atoms with Crippen molar-refractivity contribution in [2.24, 2.45) is 0 Å². The van der Waals surface area contributed by atoms with Gasteiger partial charge in [0, 0.05) is 0 Å². The lowest BCUT2D eigenvalue weighted by Crippen LogP contribution is -2.36. The fourth-order valence-electron chi connectivity index (χ4n) is 2.61. The standard InChI is InChI=1S/C14H18N4OS/c1-10-5-6-11-14(17-20-16-11)13(10)15-12(19)9-18-7-3-2-4-8-18/h5-6H,2-4,7-9H2,1H3,(H,15,19). The largest absolute Gasteiger partial charge is 0.323 e. The highest BCUT2D eigenvalue weighted by atomic mass is 32.1. The molecule has 1 aliphatic rings. The number of likely N-dealkylation sites (tertiary alicyclic amines) is 1. The summed E-state index contributed by atoms with van der Waals surface area (Å²) in [7, 11) is 0. The van der Waals surface area contributed by atoms with Crippen LogP contribution in [-0.2, 0) is 4.79 Å². The van der Waals surface area contributed by atoms with Gasteiger partial charge in [0.15, 0.2) is 0 Å². The molecule has 1 amide bonds. The maximum atomic E-state index is 12.2. The lowest BCUT2D eigenvalue weighted by atomic mass is 10.1. The summed E-state index contributed by atoms with van der Waals surface area (Å²) in [4.78, 5) is 14.4. The van der Waals surface area contributed by atoms with Gasteiger partial charge in [-0.1, -0.05) is 12.5 Å². The summed E-state index contributed by atoms with van der Waals surface area (Å²) in [5.41, 5.74) is 3.46. The number of carbonyl (C=O) groups excluding carboxylic acids is 1. The van der Waals surface area contributed by atoms with Crippen molar-refractivity contribution in [1.29, 1.82) is 0 Å². The van der Waals surface area contributed by atoms with Crippen molar-refractivity contribution >= 4 is 34.4 Å². The molecule has 1 fully saturated rings. The molecule has 106 valence electrons. The van der Waals surface area contributed by atoms with Crippen molar-refractivity contribution in [2.45, 2.75) is 26.2 Å². The second kappa shape index (κ2) is 5.85. The topological polar surface area (TPSA) is 58.1 Å². The Kier molecular flexibility index (Phi) is 3.93. The van der Waals surface area contributed by atoms with E-state index in [9.17, 15) is 4.79 Å². The molecule has 1 aliphatic heterocycles. The predicted octanol–water partition coefficient (Wildman–Crippen LogP) is 2.42. The molecule has 1 N–H and O–H groups in total. The summed E-state index contributed by atoms with van der Waals surface area (Å²) in [5.74, 6) is 0.0375. The zero-order valence-electron chi connectivity index (χ0n) is 11.6. The highest BCUT2D eigenvalue weighted by Gasteiger charge is 2.16. The van der Waals surface area contributed by atoms with Crippen LogP contribution in [0.3, 0.4) is 0 Å². The van der Waals surface area contributed by atoms with E-state index in [1.807, 2.05) is 19.1 Å². The monoisotopic (exact) mass is 290 g/mol. The van der Waals surface area contributed by atoms with E-state index in [2.05, 4.69) is 19.0 Å². The van der Waals surface area contributed by atoms with Crippen LogP contribution < -0.4 is 5.32 Å². The van der Waals surface area contributed by atoms with Crippen molar-refractivity contribution < 1.29 is 4.79 Å². The van der Waals surface area contributed by atoms with Gasteiger partial charge >= 0.3 is 0 Å². The first kappa shape index (κ1) is 13.5. The van der Waals surface area contributed by atoms with E-state index >= 15 is 0 Å². The molecule has 2 heterocycles.